The van der Waals surface area contributed by atoms with E-state index in [0.717, 1.165) is 25.4 Å². The Morgan fingerprint density at radius 3 is 2.77 bits per heavy atom. The van der Waals surface area contributed by atoms with Gasteiger partial charge in [-0.25, -0.2) is 0 Å². The molecule has 1 fully saturated rings. The molecule has 1 saturated heterocycles. The van der Waals surface area contributed by atoms with E-state index in [1.165, 1.54) is 25.9 Å². The first-order chi connectivity index (χ1) is 6.33. The Balaban J connectivity index is 2.00. The summed E-state index contributed by atoms with van der Waals surface area (Å²) in [4.78, 5) is 2.39. The van der Waals surface area contributed by atoms with Gasteiger partial charge in [-0.15, -0.1) is 12.3 Å². The third-order valence-electron chi connectivity index (χ3n) is 2.65. The molecule has 1 N–H and O–H groups in total. The van der Waals surface area contributed by atoms with Crippen LogP contribution in [0, 0.1) is 12.3 Å². The van der Waals surface area contributed by atoms with Crippen LogP contribution in [0.1, 0.15) is 25.7 Å². The Labute approximate surface area is 81.7 Å². The first-order valence-electron chi connectivity index (χ1n) is 5.18. The summed E-state index contributed by atoms with van der Waals surface area (Å²) in [6, 6.07) is 0.731. The van der Waals surface area contributed by atoms with Crippen molar-refractivity contribution in [3.8, 4) is 12.3 Å². The number of piperidine rings is 1. The molecule has 0 amide bonds. The normalized spacial score (nSPS) is 20.0. The molecule has 0 bridgehead atoms. The first kappa shape index (κ1) is 10.6. The quantitative estimate of drug-likeness (QED) is 0.514. The zero-order valence-electron chi connectivity index (χ0n) is 8.55. The standard InChI is InChI=1S/C11H20N2/c1-3-4-5-8-12-11-6-9-13(2)10-7-11/h1,11-12H,4-10H2,2H3. The van der Waals surface area contributed by atoms with E-state index in [1.807, 2.05) is 0 Å². The van der Waals surface area contributed by atoms with Crippen molar-refractivity contribution in [2.24, 2.45) is 0 Å². The fraction of sp³-hybridized carbons (Fsp3) is 0.818. The Morgan fingerprint density at radius 2 is 2.15 bits per heavy atom. The summed E-state index contributed by atoms with van der Waals surface area (Å²) < 4.78 is 0. The predicted octanol–water partition coefficient (Wildman–Crippen LogP) is 1.08. The van der Waals surface area contributed by atoms with Crippen molar-refractivity contribution in [2.75, 3.05) is 26.7 Å². The van der Waals surface area contributed by atoms with E-state index in [9.17, 15) is 0 Å². The van der Waals surface area contributed by atoms with Gasteiger partial charge < -0.3 is 10.2 Å². The van der Waals surface area contributed by atoms with Gasteiger partial charge in [0.25, 0.3) is 0 Å². The maximum absolute atomic E-state index is 5.18. The predicted molar refractivity (Wildman–Crippen MR) is 56.6 cm³/mol. The third-order valence-corrected chi connectivity index (χ3v) is 2.65. The number of nitrogens with zero attached hydrogens (tertiary/aromatic N) is 1. The molecule has 1 heterocycles. The van der Waals surface area contributed by atoms with Gasteiger partial charge in [-0.3, -0.25) is 0 Å². The number of unbranched alkanes of at least 4 members (excludes halogenated alkanes) is 1. The largest absolute Gasteiger partial charge is 0.314 e. The average Bonchev–Trinajstić information content (AvgIpc) is 2.15. The number of nitrogens with one attached hydrogen (secondary N) is 1. The Hall–Kier alpha value is -0.520. The van der Waals surface area contributed by atoms with E-state index >= 15 is 0 Å². The highest BCUT2D eigenvalue weighted by Gasteiger charge is 2.14. The molecule has 74 valence electrons. The SMILES string of the molecule is C#CCCCNC1CCN(C)CC1. The van der Waals surface area contributed by atoms with Crippen molar-refractivity contribution in [1.29, 1.82) is 0 Å². The van der Waals surface area contributed by atoms with Gasteiger partial charge in [-0.05, 0) is 45.9 Å². The summed E-state index contributed by atoms with van der Waals surface area (Å²) in [6.45, 7) is 3.54. The van der Waals surface area contributed by atoms with Crippen molar-refractivity contribution in [1.82, 2.24) is 10.2 Å². The minimum atomic E-state index is 0.731. The van der Waals surface area contributed by atoms with Gasteiger partial charge in [0.15, 0.2) is 0 Å². The fourth-order valence-electron chi connectivity index (χ4n) is 1.71. The molecule has 0 spiro atoms. The minimum absolute atomic E-state index is 0.731. The van der Waals surface area contributed by atoms with Gasteiger partial charge in [0.2, 0.25) is 0 Å². The van der Waals surface area contributed by atoms with Gasteiger partial charge in [0.1, 0.15) is 0 Å². The zero-order valence-corrected chi connectivity index (χ0v) is 8.55. The molecule has 0 saturated carbocycles. The van der Waals surface area contributed by atoms with Gasteiger partial charge in [0, 0.05) is 12.5 Å². The summed E-state index contributed by atoms with van der Waals surface area (Å²) in [5, 5.41) is 3.55. The summed E-state index contributed by atoms with van der Waals surface area (Å²) in [6.07, 6.45) is 9.77. The van der Waals surface area contributed by atoms with E-state index in [2.05, 4.69) is 23.2 Å². The second kappa shape index (κ2) is 6.01. The van der Waals surface area contributed by atoms with E-state index in [1.54, 1.807) is 0 Å². The van der Waals surface area contributed by atoms with Crippen LogP contribution in [0.15, 0.2) is 0 Å². The summed E-state index contributed by atoms with van der Waals surface area (Å²) >= 11 is 0. The minimum Gasteiger partial charge on any atom is -0.314 e. The molecule has 0 aliphatic carbocycles. The maximum atomic E-state index is 5.18. The van der Waals surface area contributed by atoms with Crippen molar-refractivity contribution in [3.05, 3.63) is 0 Å². The molecule has 2 nitrogen and oxygen atoms in total. The molecule has 0 aromatic rings. The topological polar surface area (TPSA) is 15.3 Å². The maximum Gasteiger partial charge on any atom is 0.00981 e. The number of terminal acetylenes is 1. The molecule has 1 aliphatic heterocycles. The number of likely N-dealkylation sites (tertiary alicyclic amines) is 1. The van der Waals surface area contributed by atoms with Gasteiger partial charge in [-0.1, -0.05) is 0 Å². The van der Waals surface area contributed by atoms with Crippen LogP contribution < -0.4 is 5.32 Å². The van der Waals surface area contributed by atoms with E-state index < -0.39 is 0 Å². The second-order valence-corrected chi connectivity index (χ2v) is 3.84. The van der Waals surface area contributed by atoms with Crippen LogP contribution in [-0.4, -0.2) is 37.6 Å². The van der Waals surface area contributed by atoms with Crippen LogP contribution in [0.4, 0.5) is 0 Å². The smallest absolute Gasteiger partial charge is 0.00981 e. The molecule has 0 radical (unpaired) electrons. The van der Waals surface area contributed by atoms with Crippen molar-refractivity contribution in [2.45, 2.75) is 31.7 Å². The Morgan fingerprint density at radius 1 is 1.46 bits per heavy atom. The molecule has 0 unspecified atom stereocenters. The van der Waals surface area contributed by atoms with Gasteiger partial charge in [-0.2, -0.15) is 0 Å². The van der Waals surface area contributed by atoms with Crippen LogP contribution >= 0.6 is 0 Å². The lowest BCUT2D eigenvalue weighted by molar-refractivity contribution is 0.235. The fourth-order valence-corrected chi connectivity index (χ4v) is 1.71. The summed E-state index contributed by atoms with van der Waals surface area (Å²) in [5.41, 5.74) is 0. The van der Waals surface area contributed by atoms with E-state index in [4.69, 9.17) is 6.42 Å². The summed E-state index contributed by atoms with van der Waals surface area (Å²) in [5.74, 6) is 2.66. The van der Waals surface area contributed by atoms with Crippen LogP contribution in [-0.2, 0) is 0 Å². The monoisotopic (exact) mass is 180 g/mol. The lowest BCUT2D eigenvalue weighted by Gasteiger charge is -2.29. The second-order valence-electron chi connectivity index (χ2n) is 3.84. The van der Waals surface area contributed by atoms with Crippen LogP contribution in [0.25, 0.3) is 0 Å². The molecule has 13 heavy (non-hydrogen) atoms. The number of rotatable bonds is 4. The zero-order chi connectivity index (χ0) is 9.52. The lowest BCUT2D eigenvalue weighted by atomic mass is 10.1. The Kier molecular flexibility index (Phi) is 4.88. The van der Waals surface area contributed by atoms with E-state index in [0.29, 0.717) is 0 Å². The van der Waals surface area contributed by atoms with Crippen molar-refractivity contribution < 1.29 is 0 Å². The van der Waals surface area contributed by atoms with Crippen molar-refractivity contribution >= 4 is 0 Å². The molecule has 2 heteroatoms. The van der Waals surface area contributed by atoms with Crippen LogP contribution in [0.3, 0.4) is 0 Å². The Bertz CT molecular complexity index is 163. The van der Waals surface area contributed by atoms with Gasteiger partial charge in [0.05, 0.1) is 0 Å². The molecule has 0 atom stereocenters. The van der Waals surface area contributed by atoms with E-state index in [-0.39, 0.29) is 0 Å². The molecule has 1 rings (SSSR count). The van der Waals surface area contributed by atoms with Crippen LogP contribution in [0.5, 0.6) is 0 Å². The number of hydrogen-bond acceptors (Lipinski definition) is 2. The molecular weight excluding hydrogens is 160 g/mol. The lowest BCUT2D eigenvalue weighted by Crippen LogP contribution is -2.41. The highest BCUT2D eigenvalue weighted by molar-refractivity contribution is 4.83. The summed E-state index contributed by atoms with van der Waals surface area (Å²) in [7, 11) is 2.19. The van der Waals surface area contributed by atoms with Crippen LogP contribution in [0.2, 0.25) is 0 Å². The first-order valence-corrected chi connectivity index (χ1v) is 5.18. The number of hydrogen-bond donors (Lipinski definition) is 1. The highest BCUT2D eigenvalue weighted by Crippen LogP contribution is 2.07. The third kappa shape index (κ3) is 4.31. The molecule has 0 aromatic carbocycles. The molecule has 1 aliphatic rings. The highest BCUT2D eigenvalue weighted by atomic mass is 15.1. The molecular formula is C11H20N2. The average molecular weight is 180 g/mol. The van der Waals surface area contributed by atoms with Crippen molar-refractivity contribution in [3.63, 3.8) is 0 Å². The molecule has 0 aromatic heterocycles. The van der Waals surface area contributed by atoms with Gasteiger partial charge >= 0.3 is 0 Å².